The van der Waals surface area contributed by atoms with Gasteiger partial charge in [0.15, 0.2) is 0 Å². The Morgan fingerprint density at radius 2 is 2.29 bits per heavy atom. The predicted octanol–water partition coefficient (Wildman–Crippen LogP) is 1.66. The van der Waals surface area contributed by atoms with Crippen LogP contribution >= 0.6 is 0 Å². The van der Waals surface area contributed by atoms with Gasteiger partial charge < -0.3 is 5.73 Å². The Morgan fingerprint density at radius 1 is 1.64 bits per heavy atom. The molecule has 0 bridgehead atoms. The van der Waals surface area contributed by atoms with E-state index in [1.807, 2.05) is 6.07 Å². The maximum absolute atomic E-state index is 12.4. The molecule has 0 saturated carbocycles. The van der Waals surface area contributed by atoms with Gasteiger partial charge in [-0.2, -0.15) is 5.26 Å². The van der Waals surface area contributed by atoms with Gasteiger partial charge in [0.1, 0.15) is 11.8 Å². The van der Waals surface area contributed by atoms with Crippen molar-refractivity contribution in [2.24, 2.45) is 5.73 Å². The first-order valence-corrected chi connectivity index (χ1v) is 3.98. The summed E-state index contributed by atoms with van der Waals surface area (Å²) in [4.78, 5) is 3.53. The second-order valence-corrected chi connectivity index (χ2v) is 2.78. The molecule has 0 fully saturated rings. The van der Waals surface area contributed by atoms with Crippen molar-refractivity contribution in [3.8, 4) is 6.07 Å². The molecule has 0 unspecified atom stereocenters. The highest BCUT2D eigenvalue weighted by Crippen LogP contribution is 2.24. The topological polar surface area (TPSA) is 62.7 Å². The Labute approximate surface area is 80.2 Å². The van der Waals surface area contributed by atoms with Gasteiger partial charge in [-0.3, -0.25) is 4.98 Å². The summed E-state index contributed by atoms with van der Waals surface area (Å²) in [7, 11) is 0. The van der Waals surface area contributed by atoms with E-state index in [0.29, 0.717) is 11.1 Å². The fourth-order valence-electron chi connectivity index (χ4n) is 1.24. The third-order valence-electron chi connectivity index (χ3n) is 2.03. The monoisotopic (exact) mass is 197 g/mol. The van der Waals surface area contributed by atoms with Crippen LogP contribution in [0.15, 0.2) is 6.20 Å². The average molecular weight is 197 g/mol. The summed E-state index contributed by atoms with van der Waals surface area (Å²) in [6, 6.07) is 1.87. The summed E-state index contributed by atoms with van der Waals surface area (Å²) in [5.41, 5.74) is 6.08. The first-order valence-electron chi connectivity index (χ1n) is 3.98. The molecule has 1 heterocycles. The number of aromatic nitrogens is 1. The molecule has 0 aliphatic carbocycles. The van der Waals surface area contributed by atoms with Gasteiger partial charge in [0.2, 0.25) is 0 Å². The van der Waals surface area contributed by atoms with E-state index in [1.54, 1.807) is 0 Å². The lowest BCUT2D eigenvalue weighted by Crippen LogP contribution is -2.07. The van der Waals surface area contributed by atoms with Crippen molar-refractivity contribution in [3.63, 3.8) is 0 Å². The Bertz CT molecular complexity index is 382. The van der Waals surface area contributed by atoms with Crippen LogP contribution in [-0.2, 0) is 6.54 Å². The summed E-state index contributed by atoms with van der Waals surface area (Å²) >= 11 is 0. The van der Waals surface area contributed by atoms with E-state index in [4.69, 9.17) is 11.0 Å². The van der Waals surface area contributed by atoms with E-state index in [-0.39, 0.29) is 17.8 Å². The van der Waals surface area contributed by atoms with E-state index in [2.05, 4.69) is 4.98 Å². The Hall–Kier alpha value is -1.54. The number of nitrogens with two attached hydrogens (primary N) is 1. The lowest BCUT2D eigenvalue weighted by atomic mass is 10.0. The lowest BCUT2D eigenvalue weighted by Gasteiger charge is -2.09. The van der Waals surface area contributed by atoms with Crippen LogP contribution in [0.4, 0.5) is 8.78 Å². The third-order valence-corrected chi connectivity index (χ3v) is 2.03. The molecule has 0 amide bonds. The summed E-state index contributed by atoms with van der Waals surface area (Å²) < 4.78 is 24.8. The number of halogens is 2. The minimum absolute atomic E-state index is 0.0664. The second-order valence-electron chi connectivity index (χ2n) is 2.78. The van der Waals surface area contributed by atoms with Crippen LogP contribution in [0.5, 0.6) is 0 Å². The van der Waals surface area contributed by atoms with Gasteiger partial charge in [0.25, 0.3) is 6.43 Å². The van der Waals surface area contributed by atoms with Gasteiger partial charge in [0, 0.05) is 12.7 Å². The average Bonchev–Trinajstić information content (AvgIpc) is 2.16. The van der Waals surface area contributed by atoms with Gasteiger partial charge in [-0.1, -0.05) is 0 Å². The van der Waals surface area contributed by atoms with Crippen molar-refractivity contribution < 1.29 is 8.78 Å². The molecule has 0 aromatic carbocycles. The zero-order valence-electron chi connectivity index (χ0n) is 7.59. The normalized spacial score (nSPS) is 10.3. The quantitative estimate of drug-likeness (QED) is 0.784. The molecule has 0 atom stereocenters. The summed E-state index contributed by atoms with van der Waals surface area (Å²) in [5, 5.41) is 8.67. The first-order chi connectivity index (χ1) is 6.61. The number of rotatable bonds is 2. The predicted molar refractivity (Wildman–Crippen MR) is 46.5 cm³/mol. The molecular weight excluding hydrogens is 188 g/mol. The fourth-order valence-corrected chi connectivity index (χ4v) is 1.24. The van der Waals surface area contributed by atoms with Gasteiger partial charge in [-0.05, 0) is 18.1 Å². The van der Waals surface area contributed by atoms with Crippen LogP contribution in [0.1, 0.15) is 28.8 Å². The van der Waals surface area contributed by atoms with Crippen LogP contribution in [0.3, 0.4) is 0 Å². The van der Waals surface area contributed by atoms with E-state index < -0.39 is 6.43 Å². The van der Waals surface area contributed by atoms with Gasteiger partial charge in [-0.15, -0.1) is 0 Å². The Kier molecular flexibility index (Phi) is 3.10. The van der Waals surface area contributed by atoms with E-state index in [0.717, 1.165) is 6.20 Å². The summed E-state index contributed by atoms with van der Waals surface area (Å²) in [5.74, 6) is 0. The minimum Gasteiger partial charge on any atom is -0.326 e. The van der Waals surface area contributed by atoms with Crippen LogP contribution < -0.4 is 5.73 Å². The van der Waals surface area contributed by atoms with Gasteiger partial charge >= 0.3 is 0 Å². The van der Waals surface area contributed by atoms with Crippen LogP contribution in [0.2, 0.25) is 0 Å². The van der Waals surface area contributed by atoms with Crippen molar-refractivity contribution >= 4 is 0 Å². The maximum Gasteiger partial charge on any atom is 0.280 e. The molecular formula is C9H9F2N3. The van der Waals surface area contributed by atoms with Gasteiger partial charge in [-0.25, -0.2) is 8.78 Å². The second kappa shape index (κ2) is 4.11. The first kappa shape index (κ1) is 10.5. The molecule has 0 aliphatic heterocycles. The number of hydrogen-bond donors (Lipinski definition) is 1. The molecule has 1 aromatic heterocycles. The molecule has 3 nitrogen and oxygen atoms in total. The van der Waals surface area contributed by atoms with Crippen LogP contribution in [0.25, 0.3) is 0 Å². The van der Waals surface area contributed by atoms with Crippen molar-refractivity contribution in [1.82, 2.24) is 4.98 Å². The zero-order chi connectivity index (χ0) is 10.7. The molecule has 5 heteroatoms. The smallest absolute Gasteiger partial charge is 0.280 e. The van der Waals surface area contributed by atoms with Crippen LogP contribution in [0, 0.1) is 18.3 Å². The largest absolute Gasteiger partial charge is 0.326 e. The molecule has 0 radical (unpaired) electrons. The Balaban J connectivity index is 3.37. The highest BCUT2D eigenvalue weighted by Gasteiger charge is 2.16. The zero-order valence-corrected chi connectivity index (χ0v) is 7.59. The Morgan fingerprint density at radius 3 is 2.71 bits per heavy atom. The standard InChI is InChI=1S/C9H9F2N3/c1-5-7(3-13)6(2-12)4-14-8(5)9(10)11/h4,9H,3,13H2,1H3. The molecule has 1 aromatic rings. The van der Waals surface area contributed by atoms with E-state index >= 15 is 0 Å². The van der Waals surface area contributed by atoms with E-state index in [9.17, 15) is 8.78 Å². The lowest BCUT2D eigenvalue weighted by molar-refractivity contribution is 0.145. The van der Waals surface area contributed by atoms with E-state index in [1.165, 1.54) is 6.92 Å². The van der Waals surface area contributed by atoms with Gasteiger partial charge in [0.05, 0.1) is 5.56 Å². The number of nitriles is 1. The van der Waals surface area contributed by atoms with Crippen molar-refractivity contribution in [2.45, 2.75) is 19.9 Å². The molecule has 74 valence electrons. The maximum atomic E-state index is 12.4. The molecule has 2 N–H and O–H groups in total. The summed E-state index contributed by atoms with van der Waals surface area (Å²) in [6.07, 6.45) is -1.50. The highest BCUT2D eigenvalue weighted by atomic mass is 19.3. The number of alkyl halides is 2. The number of hydrogen-bond acceptors (Lipinski definition) is 3. The summed E-state index contributed by atoms with van der Waals surface area (Å²) in [6.45, 7) is 1.56. The minimum atomic E-state index is -2.63. The SMILES string of the molecule is Cc1c(C(F)F)ncc(C#N)c1CN. The van der Waals surface area contributed by atoms with Crippen LogP contribution in [-0.4, -0.2) is 4.98 Å². The fraction of sp³-hybridized carbons (Fsp3) is 0.333. The molecule has 0 aliphatic rings. The molecule has 0 saturated heterocycles. The number of nitrogens with zero attached hydrogens (tertiary/aromatic N) is 2. The van der Waals surface area contributed by atoms with Crippen molar-refractivity contribution in [1.29, 1.82) is 5.26 Å². The third kappa shape index (κ3) is 1.70. The number of pyridine rings is 1. The molecule has 14 heavy (non-hydrogen) atoms. The molecule has 1 rings (SSSR count). The van der Waals surface area contributed by atoms with Crippen molar-refractivity contribution in [3.05, 3.63) is 28.6 Å². The molecule has 0 spiro atoms. The highest BCUT2D eigenvalue weighted by molar-refractivity contribution is 5.42. The van der Waals surface area contributed by atoms with Crippen molar-refractivity contribution in [2.75, 3.05) is 0 Å².